The molecule has 0 aromatic rings. The van der Waals surface area contributed by atoms with Crippen LogP contribution in [0.5, 0.6) is 0 Å². The number of hydrogen-bond donors (Lipinski definition) is 1. The van der Waals surface area contributed by atoms with Crippen molar-refractivity contribution in [2.24, 2.45) is 29.4 Å². The molecular formula is C14H27NO. The van der Waals surface area contributed by atoms with Crippen LogP contribution in [0.1, 0.15) is 46.0 Å². The molecule has 0 aromatic heterocycles. The molecule has 0 radical (unpaired) electrons. The molecule has 0 amide bonds. The topological polar surface area (TPSA) is 35.2 Å². The summed E-state index contributed by atoms with van der Waals surface area (Å²) in [5.74, 6) is 3.21. The van der Waals surface area contributed by atoms with E-state index >= 15 is 0 Å². The first kappa shape index (κ1) is 12.4. The van der Waals surface area contributed by atoms with Crippen molar-refractivity contribution in [1.82, 2.24) is 0 Å². The smallest absolute Gasteiger partial charge is 0.0510 e. The van der Waals surface area contributed by atoms with Crippen LogP contribution in [0.15, 0.2) is 0 Å². The normalized spacial score (nSPS) is 37.9. The van der Waals surface area contributed by atoms with E-state index in [4.69, 9.17) is 10.5 Å². The van der Waals surface area contributed by atoms with Gasteiger partial charge in [0, 0.05) is 12.6 Å². The van der Waals surface area contributed by atoms with Crippen molar-refractivity contribution in [2.45, 2.75) is 52.0 Å². The lowest BCUT2D eigenvalue weighted by Crippen LogP contribution is -2.40. The highest BCUT2D eigenvalue weighted by atomic mass is 16.5. The van der Waals surface area contributed by atoms with Crippen LogP contribution in [-0.2, 0) is 4.74 Å². The minimum absolute atomic E-state index is 0.399. The number of hydrogen-bond acceptors (Lipinski definition) is 2. The highest BCUT2D eigenvalue weighted by molar-refractivity contribution is 4.86. The van der Waals surface area contributed by atoms with E-state index in [1.807, 2.05) is 0 Å². The Morgan fingerprint density at radius 1 is 0.938 bits per heavy atom. The van der Waals surface area contributed by atoms with Gasteiger partial charge in [0.15, 0.2) is 0 Å². The molecule has 1 aliphatic carbocycles. The maximum atomic E-state index is 6.40. The number of nitrogens with two attached hydrogens (primary N) is 1. The van der Waals surface area contributed by atoms with Gasteiger partial charge in [-0.15, -0.1) is 0 Å². The van der Waals surface area contributed by atoms with Crippen molar-refractivity contribution in [3.8, 4) is 0 Å². The third-order valence-corrected chi connectivity index (χ3v) is 4.81. The molecule has 2 nitrogen and oxygen atoms in total. The lowest BCUT2D eigenvalue weighted by Gasteiger charge is -2.35. The molecule has 2 N–H and O–H groups in total. The zero-order chi connectivity index (χ0) is 11.5. The molecule has 1 saturated heterocycles. The summed E-state index contributed by atoms with van der Waals surface area (Å²) in [6, 6.07) is 0.399. The van der Waals surface area contributed by atoms with Crippen molar-refractivity contribution in [3.05, 3.63) is 0 Å². The second-order valence-corrected chi connectivity index (χ2v) is 6.12. The van der Waals surface area contributed by atoms with E-state index in [0.717, 1.165) is 31.0 Å². The van der Waals surface area contributed by atoms with Gasteiger partial charge in [-0.3, -0.25) is 0 Å². The quantitative estimate of drug-likeness (QED) is 0.801. The van der Waals surface area contributed by atoms with Crippen molar-refractivity contribution in [2.75, 3.05) is 13.2 Å². The molecule has 1 saturated carbocycles. The number of rotatable bonds is 3. The summed E-state index contributed by atoms with van der Waals surface area (Å²) in [5.41, 5.74) is 6.40. The third-order valence-electron chi connectivity index (χ3n) is 4.81. The molecule has 2 fully saturated rings. The first-order valence-corrected chi connectivity index (χ1v) is 7.01. The summed E-state index contributed by atoms with van der Waals surface area (Å²) < 4.78 is 5.45. The Morgan fingerprint density at radius 3 is 2.06 bits per heavy atom. The minimum atomic E-state index is 0.399. The average Bonchev–Trinajstić information content (AvgIpc) is 2.81. The first-order chi connectivity index (χ1) is 7.68. The van der Waals surface area contributed by atoms with E-state index in [1.165, 1.54) is 32.1 Å². The first-order valence-electron chi connectivity index (χ1n) is 7.01. The predicted molar refractivity (Wildman–Crippen MR) is 67.2 cm³/mol. The zero-order valence-electron chi connectivity index (χ0n) is 10.8. The average molecular weight is 225 g/mol. The van der Waals surface area contributed by atoms with Crippen LogP contribution >= 0.6 is 0 Å². The highest BCUT2D eigenvalue weighted by Crippen LogP contribution is 2.36. The van der Waals surface area contributed by atoms with Gasteiger partial charge in [0.05, 0.1) is 6.61 Å². The molecule has 1 aliphatic heterocycles. The molecule has 2 rings (SSSR count). The Labute approximate surface area is 99.9 Å². The summed E-state index contributed by atoms with van der Waals surface area (Å²) in [6.45, 7) is 6.55. The van der Waals surface area contributed by atoms with Gasteiger partial charge >= 0.3 is 0 Å². The van der Waals surface area contributed by atoms with E-state index in [-0.39, 0.29) is 0 Å². The molecule has 94 valence electrons. The van der Waals surface area contributed by atoms with Crippen molar-refractivity contribution >= 4 is 0 Å². The zero-order valence-corrected chi connectivity index (χ0v) is 10.8. The minimum Gasteiger partial charge on any atom is -0.381 e. The van der Waals surface area contributed by atoms with Crippen LogP contribution in [0, 0.1) is 23.7 Å². The fourth-order valence-corrected chi connectivity index (χ4v) is 3.44. The lowest BCUT2D eigenvalue weighted by molar-refractivity contribution is 0.150. The van der Waals surface area contributed by atoms with Gasteiger partial charge in [-0.25, -0.2) is 0 Å². The van der Waals surface area contributed by atoms with Crippen molar-refractivity contribution in [3.63, 3.8) is 0 Å². The van der Waals surface area contributed by atoms with Crippen LogP contribution in [0.4, 0.5) is 0 Å². The molecule has 16 heavy (non-hydrogen) atoms. The van der Waals surface area contributed by atoms with E-state index in [9.17, 15) is 0 Å². The Hall–Kier alpha value is -0.0800. The fourth-order valence-electron chi connectivity index (χ4n) is 3.44. The van der Waals surface area contributed by atoms with Crippen LogP contribution in [0.3, 0.4) is 0 Å². The summed E-state index contributed by atoms with van der Waals surface area (Å²) in [5, 5.41) is 0. The van der Waals surface area contributed by atoms with Crippen LogP contribution in [-0.4, -0.2) is 19.3 Å². The molecule has 2 heteroatoms. The van der Waals surface area contributed by atoms with Crippen LogP contribution in [0.2, 0.25) is 0 Å². The standard InChI is InChI=1S/C14H27NO/c1-10(2)11-3-5-12(6-4-11)14(15)13-7-8-16-9-13/h10-14H,3-9,15H2,1-2H3. The van der Waals surface area contributed by atoms with Crippen molar-refractivity contribution in [1.29, 1.82) is 0 Å². The molecule has 2 atom stereocenters. The Bertz CT molecular complexity index is 203. The maximum Gasteiger partial charge on any atom is 0.0510 e. The second kappa shape index (κ2) is 5.50. The van der Waals surface area contributed by atoms with E-state index in [0.29, 0.717) is 12.0 Å². The number of ether oxygens (including phenoxy) is 1. The summed E-state index contributed by atoms with van der Waals surface area (Å²) in [7, 11) is 0. The van der Waals surface area contributed by atoms with Gasteiger partial charge in [-0.05, 0) is 55.8 Å². The van der Waals surface area contributed by atoms with E-state index in [1.54, 1.807) is 0 Å². The lowest BCUT2D eigenvalue weighted by atomic mass is 9.72. The molecular weight excluding hydrogens is 198 g/mol. The largest absolute Gasteiger partial charge is 0.381 e. The fraction of sp³-hybridized carbons (Fsp3) is 1.00. The van der Waals surface area contributed by atoms with E-state index in [2.05, 4.69) is 13.8 Å². The summed E-state index contributed by atoms with van der Waals surface area (Å²) >= 11 is 0. The van der Waals surface area contributed by atoms with Gasteiger partial charge < -0.3 is 10.5 Å². The Kier molecular flexibility index (Phi) is 4.26. The molecule has 0 aromatic carbocycles. The van der Waals surface area contributed by atoms with Gasteiger partial charge in [0.25, 0.3) is 0 Å². The Morgan fingerprint density at radius 2 is 1.56 bits per heavy atom. The SMILES string of the molecule is CC(C)C1CCC(C(N)C2CCOC2)CC1. The van der Waals surface area contributed by atoms with Gasteiger partial charge in [0.2, 0.25) is 0 Å². The van der Waals surface area contributed by atoms with Gasteiger partial charge in [-0.2, -0.15) is 0 Å². The molecule has 2 unspecified atom stereocenters. The maximum absolute atomic E-state index is 6.40. The predicted octanol–water partition coefficient (Wildman–Crippen LogP) is 2.81. The second-order valence-electron chi connectivity index (χ2n) is 6.12. The molecule has 2 aliphatic rings. The molecule has 1 heterocycles. The Balaban J connectivity index is 1.79. The highest BCUT2D eigenvalue weighted by Gasteiger charge is 2.32. The molecule has 0 bridgehead atoms. The van der Waals surface area contributed by atoms with Crippen molar-refractivity contribution < 1.29 is 4.74 Å². The third kappa shape index (κ3) is 2.78. The summed E-state index contributed by atoms with van der Waals surface area (Å²) in [4.78, 5) is 0. The van der Waals surface area contributed by atoms with Gasteiger partial charge in [-0.1, -0.05) is 13.8 Å². The van der Waals surface area contributed by atoms with Crippen LogP contribution in [0.25, 0.3) is 0 Å². The summed E-state index contributed by atoms with van der Waals surface area (Å²) in [6.07, 6.45) is 6.67. The van der Waals surface area contributed by atoms with Gasteiger partial charge in [0.1, 0.15) is 0 Å². The molecule has 0 spiro atoms. The van der Waals surface area contributed by atoms with E-state index < -0.39 is 0 Å². The monoisotopic (exact) mass is 225 g/mol. The van der Waals surface area contributed by atoms with Crippen LogP contribution < -0.4 is 5.73 Å².